The average molecular weight is 212 g/mol. The summed E-state index contributed by atoms with van der Waals surface area (Å²) < 4.78 is 6.18. The first-order chi connectivity index (χ1) is 7.13. The summed E-state index contributed by atoms with van der Waals surface area (Å²) in [7, 11) is 5.36. The Labute approximate surface area is 88.8 Å². The summed E-state index contributed by atoms with van der Waals surface area (Å²) in [5.41, 5.74) is 0.252. The molecule has 6 heteroatoms. The van der Waals surface area contributed by atoms with Gasteiger partial charge < -0.3 is 9.64 Å². The molecule has 0 aliphatic heterocycles. The lowest BCUT2D eigenvalue weighted by Crippen LogP contribution is -2.15. The second-order valence-electron chi connectivity index (χ2n) is 3.52. The molecule has 0 fully saturated rings. The van der Waals surface area contributed by atoms with Crippen molar-refractivity contribution < 1.29 is 9.53 Å². The first kappa shape index (κ1) is 11.6. The number of carbonyl (C=O) groups excluding carboxylic acids is 1. The zero-order valence-corrected chi connectivity index (χ0v) is 9.30. The first-order valence-corrected chi connectivity index (χ1v) is 4.76. The van der Waals surface area contributed by atoms with Crippen molar-refractivity contribution in [1.29, 1.82) is 0 Å². The fourth-order valence-electron chi connectivity index (χ4n) is 1.15. The van der Waals surface area contributed by atoms with Gasteiger partial charge in [0.05, 0.1) is 13.3 Å². The van der Waals surface area contributed by atoms with Crippen molar-refractivity contribution in [3.05, 3.63) is 11.9 Å². The molecule has 0 aromatic carbocycles. The second kappa shape index (κ2) is 5.45. The Hall–Kier alpha value is -1.43. The van der Waals surface area contributed by atoms with E-state index < -0.39 is 5.97 Å². The highest BCUT2D eigenvalue weighted by Crippen LogP contribution is 1.97. The van der Waals surface area contributed by atoms with Gasteiger partial charge in [-0.15, -0.1) is 5.10 Å². The van der Waals surface area contributed by atoms with E-state index in [2.05, 4.69) is 19.9 Å². The molecule has 6 nitrogen and oxygen atoms in total. The van der Waals surface area contributed by atoms with Crippen molar-refractivity contribution in [3.63, 3.8) is 0 Å². The van der Waals surface area contributed by atoms with Crippen molar-refractivity contribution >= 4 is 5.97 Å². The standard InChI is InChI=1S/C9H16N4O2/c1-12(2)5-4-6-13-7-8(10-11-13)9(14)15-3/h7H,4-6H2,1-3H3. The number of aryl methyl sites for hydroxylation is 1. The summed E-state index contributed by atoms with van der Waals surface area (Å²) in [6.45, 7) is 1.73. The maximum atomic E-state index is 11.1. The van der Waals surface area contributed by atoms with Crippen molar-refractivity contribution in [2.75, 3.05) is 27.7 Å². The van der Waals surface area contributed by atoms with Crippen LogP contribution in [0.25, 0.3) is 0 Å². The average Bonchev–Trinajstić information content (AvgIpc) is 2.65. The molecule has 0 N–H and O–H groups in total. The maximum absolute atomic E-state index is 11.1. The number of esters is 1. The van der Waals surface area contributed by atoms with Gasteiger partial charge in [0.1, 0.15) is 0 Å². The largest absolute Gasteiger partial charge is 0.464 e. The number of aromatic nitrogens is 3. The topological polar surface area (TPSA) is 60.2 Å². The van der Waals surface area contributed by atoms with E-state index in [0.717, 1.165) is 19.5 Å². The number of carbonyl (C=O) groups is 1. The predicted molar refractivity (Wildman–Crippen MR) is 54.5 cm³/mol. The highest BCUT2D eigenvalue weighted by Gasteiger charge is 2.09. The van der Waals surface area contributed by atoms with E-state index >= 15 is 0 Å². The third-order valence-corrected chi connectivity index (χ3v) is 1.93. The Balaban J connectivity index is 2.43. The predicted octanol–water partition coefficient (Wildman–Crippen LogP) is 0.0164. The van der Waals surface area contributed by atoms with E-state index in [-0.39, 0.29) is 5.69 Å². The van der Waals surface area contributed by atoms with Gasteiger partial charge in [0.25, 0.3) is 0 Å². The zero-order valence-electron chi connectivity index (χ0n) is 9.30. The number of hydrogen-bond donors (Lipinski definition) is 0. The van der Waals surface area contributed by atoms with Gasteiger partial charge in [0.15, 0.2) is 5.69 Å². The van der Waals surface area contributed by atoms with Crippen molar-refractivity contribution in [1.82, 2.24) is 19.9 Å². The molecule has 0 saturated heterocycles. The molecular weight excluding hydrogens is 196 g/mol. The highest BCUT2D eigenvalue weighted by atomic mass is 16.5. The van der Waals surface area contributed by atoms with Gasteiger partial charge in [-0.25, -0.2) is 4.79 Å². The minimum Gasteiger partial charge on any atom is -0.464 e. The van der Waals surface area contributed by atoms with E-state index in [1.165, 1.54) is 7.11 Å². The molecule has 1 rings (SSSR count). The molecular formula is C9H16N4O2. The molecule has 0 unspecified atom stereocenters. The summed E-state index contributed by atoms with van der Waals surface area (Å²) in [5, 5.41) is 7.54. The van der Waals surface area contributed by atoms with Crippen LogP contribution < -0.4 is 0 Å². The Kier molecular flexibility index (Phi) is 4.23. The summed E-state index contributed by atoms with van der Waals surface area (Å²) in [6.07, 6.45) is 2.57. The van der Waals surface area contributed by atoms with Gasteiger partial charge in [-0.05, 0) is 27.1 Å². The monoisotopic (exact) mass is 212 g/mol. The minimum absolute atomic E-state index is 0.252. The number of rotatable bonds is 5. The van der Waals surface area contributed by atoms with Crippen LogP contribution in [-0.2, 0) is 11.3 Å². The summed E-state index contributed by atoms with van der Waals surface area (Å²) in [4.78, 5) is 13.2. The molecule has 1 heterocycles. The smallest absolute Gasteiger partial charge is 0.360 e. The van der Waals surface area contributed by atoms with Gasteiger partial charge >= 0.3 is 5.97 Å². The molecule has 0 bridgehead atoms. The first-order valence-electron chi connectivity index (χ1n) is 4.76. The van der Waals surface area contributed by atoms with Crippen molar-refractivity contribution in [2.45, 2.75) is 13.0 Å². The van der Waals surface area contributed by atoms with E-state index in [1.807, 2.05) is 14.1 Å². The fraction of sp³-hybridized carbons (Fsp3) is 0.667. The van der Waals surface area contributed by atoms with Crippen LogP contribution in [0, 0.1) is 0 Å². The lowest BCUT2D eigenvalue weighted by Gasteiger charge is -2.07. The van der Waals surface area contributed by atoms with Gasteiger partial charge in [-0.1, -0.05) is 5.21 Å². The molecule has 0 aliphatic carbocycles. The number of ether oxygens (including phenoxy) is 1. The van der Waals surface area contributed by atoms with Crippen LogP contribution in [0.2, 0.25) is 0 Å². The van der Waals surface area contributed by atoms with Crippen LogP contribution in [-0.4, -0.2) is 53.6 Å². The van der Waals surface area contributed by atoms with E-state index in [1.54, 1.807) is 10.9 Å². The number of hydrogen-bond acceptors (Lipinski definition) is 5. The molecule has 0 radical (unpaired) electrons. The van der Waals surface area contributed by atoms with E-state index in [4.69, 9.17) is 0 Å². The molecule has 0 atom stereocenters. The Morgan fingerprint density at radius 2 is 2.33 bits per heavy atom. The molecule has 1 aromatic rings. The third kappa shape index (κ3) is 3.67. The van der Waals surface area contributed by atoms with E-state index in [0.29, 0.717) is 0 Å². The molecule has 84 valence electrons. The molecule has 0 spiro atoms. The van der Waals surface area contributed by atoms with Crippen molar-refractivity contribution in [2.24, 2.45) is 0 Å². The van der Waals surface area contributed by atoms with Crippen LogP contribution >= 0.6 is 0 Å². The van der Waals surface area contributed by atoms with Gasteiger partial charge in [-0.3, -0.25) is 4.68 Å². The van der Waals surface area contributed by atoms with Crippen LogP contribution in [0.5, 0.6) is 0 Å². The minimum atomic E-state index is -0.450. The molecule has 0 aliphatic rings. The lowest BCUT2D eigenvalue weighted by molar-refractivity contribution is 0.0594. The Morgan fingerprint density at radius 3 is 2.93 bits per heavy atom. The lowest BCUT2D eigenvalue weighted by atomic mass is 10.4. The Morgan fingerprint density at radius 1 is 1.60 bits per heavy atom. The molecule has 0 amide bonds. The number of nitrogens with zero attached hydrogens (tertiary/aromatic N) is 4. The highest BCUT2D eigenvalue weighted by molar-refractivity contribution is 5.86. The van der Waals surface area contributed by atoms with Gasteiger partial charge in [0.2, 0.25) is 0 Å². The van der Waals surface area contributed by atoms with E-state index in [9.17, 15) is 4.79 Å². The quantitative estimate of drug-likeness (QED) is 0.644. The summed E-state index contributed by atoms with van der Waals surface area (Å²) in [6, 6.07) is 0. The molecule has 0 saturated carbocycles. The maximum Gasteiger partial charge on any atom is 0.360 e. The number of methoxy groups -OCH3 is 1. The van der Waals surface area contributed by atoms with Crippen LogP contribution in [0.3, 0.4) is 0 Å². The molecule has 1 aromatic heterocycles. The summed E-state index contributed by atoms with van der Waals surface area (Å²) in [5.74, 6) is -0.450. The molecule has 15 heavy (non-hydrogen) atoms. The fourth-order valence-corrected chi connectivity index (χ4v) is 1.15. The second-order valence-corrected chi connectivity index (χ2v) is 3.52. The zero-order chi connectivity index (χ0) is 11.3. The van der Waals surface area contributed by atoms with Crippen LogP contribution in [0.1, 0.15) is 16.9 Å². The summed E-state index contributed by atoms with van der Waals surface area (Å²) >= 11 is 0. The van der Waals surface area contributed by atoms with Crippen LogP contribution in [0.4, 0.5) is 0 Å². The van der Waals surface area contributed by atoms with Crippen LogP contribution in [0.15, 0.2) is 6.20 Å². The third-order valence-electron chi connectivity index (χ3n) is 1.93. The SMILES string of the molecule is COC(=O)c1cn(CCCN(C)C)nn1. The van der Waals surface area contributed by atoms with Gasteiger partial charge in [0, 0.05) is 6.54 Å². The van der Waals surface area contributed by atoms with Crippen molar-refractivity contribution in [3.8, 4) is 0 Å². The Bertz CT molecular complexity index is 322. The van der Waals surface area contributed by atoms with Gasteiger partial charge in [-0.2, -0.15) is 0 Å². The normalized spacial score (nSPS) is 10.7.